The normalized spacial score (nSPS) is 25.9. The quantitative estimate of drug-likeness (QED) is 0.877. The van der Waals surface area contributed by atoms with Crippen molar-refractivity contribution in [1.29, 1.82) is 0 Å². The van der Waals surface area contributed by atoms with Crippen LogP contribution in [0.3, 0.4) is 0 Å². The average Bonchev–Trinajstić information content (AvgIpc) is 2.46. The molecule has 2 rings (SSSR count). The van der Waals surface area contributed by atoms with Crippen molar-refractivity contribution in [1.82, 2.24) is 5.32 Å². The summed E-state index contributed by atoms with van der Waals surface area (Å²) in [7, 11) is 0. The lowest BCUT2D eigenvalue weighted by molar-refractivity contribution is 0.513. The Morgan fingerprint density at radius 3 is 2.56 bits per heavy atom. The standard InChI is InChI=1S/C15H23NS2/c1-3-13-15(18-11-10-17-13)14(16-4-2)12-8-6-5-7-9-12/h5-9,13-16H,3-4,10-11H2,1-2H3. The van der Waals surface area contributed by atoms with E-state index in [0.717, 1.165) is 11.8 Å². The molecule has 1 aliphatic rings. The summed E-state index contributed by atoms with van der Waals surface area (Å²) in [4.78, 5) is 0. The fraction of sp³-hybridized carbons (Fsp3) is 0.600. The summed E-state index contributed by atoms with van der Waals surface area (Å²) in [5, 5.41) is 5.19. The highest BCUT2D eigenvalue weighted by molar-refractivity contribution is 8.07. The summed E-state index contributed by atoms with van der Waals surface area (Å²) in [6, 6.07) is 11.4. The van der Waals surface area contributed by atoms with E-state index in [4.69, 9.17) is 0 Å². The van der Waals surface area contributed by atoms with Gasteiger partial charge in [-0.2, -0.15) is 23.5 Å². The van der Waals surface area contributed by atoms with Crippen LogP contribution in [0.15, 0.2) is 30.3 Å². The molecule has 0 aliphatic carbocycles. The molecule has 1 aromatic carbocycles. The molecule has 1 aliphatic heterocycles. The molecule has 100 valence electrons. The van der Waals surface area contributed by atoms with Crippen molar-refractivity contribution < 1.29 is 0 Å². The van der Waals surface area contributed by atoms with Crippen LogP contribution < -0.4 is 5.32 Å². The molecule has 0 amide bonds. The van der Waals surface area contributed by atoms with Gasteiger partial charge in [-0.05, 0) is 18.5 Å². The van der Waals surface area contributed by atoms with Crippen molar-refractivity contribution in [2.45, 2.75) is 36.8 Å². The minimum absolute atomic E-state index is 0.499. The van der Waals surface area contributed by atoms with Gasteiger partial charge in [-0.25, -0.2) is 0 Å². The van der Waals surface area contributed by atoms with Crippen LogP contribution in [-0.4, -0.2) is 28.6 Å². The van der Waals surface area contributed by atoms with Crippen LogP contribution in [0.4, 0.5) is 0 Å². The Morgan fingerprint density at radius 1 is 1.17 bits per heavy atom. The van der Waals surface area contributed by atoms with E-state index in [0.29, 0.717) is 11.3 Å². The predicted octanol–water partition coefficient (Wildman–Crippen LogP) is 3.96. The highest BCUT2D eigenvalue weighted by atomic mass is 32.2. The molecule has 0 bridgehead atoms. The summed E-state index contributed by atoms with van der Waals surface area (Å²) in [5.74, 6) is 2.61. The van der Waals surface area contributed by atoms with E-state index in [1.807, 2.05) is 0 Å². The first-order chi connectivity index (χ1) is 8.86. The van der Waals surface area contributed by atoms with Crippen molar-refractivity contribution >= 4 is 23.5 Å². The topological polar surface area (TPSA) is 12.0 Å². The molecule has 1 nitrogen and oxygen atoms in total. The molecule has 1 aromatic rings. The molecule has 1 fully saturated rings. The minimum atomic E-state index is 0.499. The van der Waals surface area contributed by atoms with Gasteiger partial charge in [-0.3, -0.25) is 0 Å². The first-order valence-corrected chi connectivity index (χ1v) is 8.98. The Bertz CT molecular complexity index is 342. The van der Waals surface area contributed by atoms with E-state index >= 15 is 0 Å². The Balaban J connectivity index is 2.18. The van der Waals surface area contributed by atoms with E-state index in [1.54, 1.807) is 0 Å². The predicted molar refractivity (Wildman–Crippen MR) is 85.6 cm³/mol. The van der Waals surface area contributed by atoms with Crippen LogP contribution in [0.5, 0.6) is 0 Å². The Hall–Kier alpha value is -0.120. The summed E-state index contributed by atoms with van der Waals surface area (Å²) in [5.41, 5.74) is 1.44. The van der Waals surface area contributed by atoms with E-state index in [2.05, 4.69) is 73.0 Å². The maximum atomic E-state index is 3.70. The van der Waals surface area contributed by atoms with Crippen LogP contribution in [0, 0.1) is 0 Å². The van der Waals surface area contributed by atoms with E-state index in [1.165, 1.54) is 23.5 Å². The molecule has 3 unspecified atom stereocenters. The molecule has 18 heavy (non-hydrogen) atoms. The van der Waals surface area contributed by atoms with Gasteiger partial charge in [0, 0.05) is 28.0 Å². The van der Waals surface area contributed by atoms with Gasteiger partial charge in [0.25, 0.3) is 0 Å². The van der Waals surface area contributed by atoms with Crippen LogP contribution in [0.2, 0.25) is 0 Å². The molecular weight excluding hydrogens is 258 g/mol. The molecule has 0 saturated carbocycles. The second kappa shape index (κ2) is 7.46. The van der Waals surface area contributed by atoms with Crippen molar-refractivity contribution in [3.63, 3.8) is 0 Å². The number of hydrogen-bond donors (Lipinski definition) is 1. The second-order valence-electron chi connectivity index (χ2n) is 4.60. The molecule has 3 heteroatoms. The van der Waals surface area contributed by atoms with Crippen molar-refractivity contribution in [3.8, 4) is 0 Å². The largest absolute Gasteiger partial charge is 0.309 e. The lowest BCUT2D eigenvalue weighted by Gasteiger charge is -2.36. The molecule has 0 aromatic heterocycles. The zero-order valence-electron chi connectivity index (χ0n) is 11.3. The molecule has 1 N–H and O–H groups in total. The third kappa shape index (κ3) is 3.46. The van der Waals surface area contributed by atoms with Crippen LogP contribution in [-0.2, 0) is 0 Å². The maximum Gasteiger partial charge on any atom is 0.0451 e. The average molecular weight is 281 g/mol. The molecule has 1 heterocycles. The number of thioether (sulfide) groups is 2. The van der Waals surface area contributed by atoms with E-state index in [9.17, 15) is 0 Å². The number of benzene rings is 1. The summed E-state index contributed by atoms with van der Waals surface area (Å²) >= 11 is 4.31. The summed E-state index contributed by atoms with van der Waals surface area (Å²) in [6.07, 6.45) is 1.27. The lowest BCUT2D eigenvalue weighted by atomic mass is 10.00. The van der Waals surface area contributed by atoms with Gasteiger partial charge in [0.2, 0.25) is 0 Å². The van der Waals surface area contributed by atoms with Crippen LogP contribution in [0.1, 0.15) is 31.9 Å². The molecule has 1 saturated heterocycles. The van der Waals surface area contributed by atoms with Crippen molar-refractivity contribution in [2.24, 2.45) is 0 Å². The van der Waals surface area contributed by atoms with Gasteiger partial charge < -0.3 is 5.32 Å². The van der Waals surface area contributed by atoms with Gasteiger partial charge in [0.05, 0.1) is 0 Å². The smallest absolute Gasteiger partial charge is 0.0451 e. The first kappa shape index (κ1) is 14.3. The van der Waals surface area contributed by atoms with Gasteiger partial charge in [-0.1, -0.05) is 44.2 Å². The van der Waals surface area contributed by atoms with Crippen LogP contribution >= 0.6 is 23.5 Å². The molecular formula is C15H23NS2. The summed E-state index contributed by atoms with van der Waals surface area (Å²) in [6.45, 7) is 5.57. The Kier molecular flexibility index (Phi) is 5.93. The monoisotopic (exact) mass is 281 g/mol. The second-order valence-corrected chi connectivity index (χ2v) is 7.23. The van der Waals surface area contributed by atoms with E-state index in [-0.39, 0.29) is 0 Å². The maximum absolute atomic E-state index is 3.70. The highest BCUT2D eigenvalue weighted by Gasteiger charge is 2.32. The first-order valence-electron chi connectivity index (χ1n) is 6.88. The van der Waals surface area contributed by atoms with Gasteiger partial charge in [0.15, 0.2) is 0 Å². The van der Waals surface area contributed by atoms with E-state index < -0.39 is 0 Å². The third-order valence-electron chi connectivity index (χ3n) is 3.41. The van der Waals surface area contributed by atoms with Gasteiger partial charge in [-0.15, -0.1) is 0 Å². The molecule has 3 atom stereocenters. The fourth-order valence-electron chi connectivity index (χ4n) is 2.55. The Labute approximate surface area is 120 Å². The Morgan fingerprint density at radius 2 is 1.89 bits per heavy atom. The summed E-state index contributed by atoms with van der Waals surface area (Å²) < 4.78 is 0. The number of nitrogens with one attached hydrogen (secondary N) is 1. The molecule has 0 spiro atoms. The van der Waals surface area contributed by atoms with Gasteiger partial charge in [0.1, 0.15) is 0 Å². The zero-order chi connectivity index (χ0) is 12.8. The zero-order valence-corrected chi connectivity index (χ0v) is 12.9. The third-order valence-corrected chi connectivity index (χ3v) is 6.76. The van der Waals surface area contributed by atoms with Crippen molar-refractivity contribution in [3.05, 3.63) is 35.9 Å². The van der Waals surface area contributed by atoms with Crippen molar-refractivity contribution in [2.75, 3.05) is 18.1 Å². The minimum Gasteiger partial charge on any atom is -0.309 e. The van der Waals surface area contributed by atoms with Gasteiger partial charge >= 0.3 is 0 Å². The number of rotatable bonds is 5. The van der Waals surface area contributed by atoms with Crippen LogP contribution in [0.25, 0.3) is 0 Å². The number of hydrogen-bond acceptors (Lipinski definition) is 3. The molecule has 0 radical (unpaired) electrons. The lowest BCUT2D eigenvalue weighted by Crippen LogP contribution is -2.38. The fourth-order valence-corrected chi connectivity index (χ4v) is 5.80. The highest BCUT2D eigenvalue weighted by Crippen LogP contribution is 2.40. The SMILES string of the molecule is CCNC(c1ccccc1)C1SCCSC1CC.